The van der Waals surface area contributed by atoms with Gasteiger partial charge >= 0.3 is 11.9 Å². The van der Waals surface area contributed by atoms with Gasteiger partial charge in [-0.3, -0.25) is 9.59 Å². The molecule has 6 nitrogen and oxygen atoms in total. The van der Waals surface area contributed by atoms with Gasteiger partial charge in [0.05, 0.1) is 35.6 Å². The highest BCUT2D eigenvalue weighted by Crippen LogP contribution is 2.62. The molecule has 0 aliphatic heterocycles. The second-order valence-corrected chi connectivity index (χ2v) is 14.4. The molecule has 2 aromatic heterocycles. The summed E-state index contributed by atoms with van der Waals surface area (Å²) < 4.78 is 11.0. The summed E-state index contributed by atoms with van der Waals surface area (Å²) >= 11 is 13.7. The fraction of sp³-hybridized carbons (Fsp3) is 0.256. The van der Waals surface area contributed by atoms with Crippen LogP contribution in [-0.2, 0) is 29.9 Å². The maximum Gasteiger partial charge on any atom is 0.305 e. The fourth-order valence-corrected chi connectivity index (χ4v) is 8.95. The smallest absolute Gasteiger partial charge is 0.305 e. The van der Waals surface area contributed by atoms with Gasteiger partial charge in [0.2, 0.25) is 0 Å². The number of para-hydroxylation sites is 2. The Morgan fingerprint density at radius 1 is 0.588 bits per heavy atom. The third-order valence-electron chi connectivity index (χ3n) is 10.7. The number of rotatable bonds is 10. The minimum Gasteiger partial charge on any atom is -0.466 e. The van der Waals surface area contributed by atoms with Crippen molar-refractivity contribution < 1.29 is 19.1 Å². The Morgan fingerprint density at radius 2 is 1.02 bits per heavy atom. The van der Waals surface area contributed by atoms with E-state index in [1.807, 2.05) is 86.6 Å². The van der Waals surface area contributed by atoms with Crippen molar-refractivity contribution in [2.75, 3.05) is 13.2 Å². The lowest BCUT2D eigenvalue weighted by atomic mass is 9.60. The molecule has 0 amide bonds. The highest BCUT2D eigenvalue weighted by atomic mass is 35.5. The highest BCUT2D eigenvalue weighted by molar-refractivity contribution is 6.31. The summed E-state index contributed by atoms with van der Waals surface area (Å²) in [5.74, 6) is -0.544. The summed E-state index contributed by atoms with van der Waals surface area (Å²) in [5, 5.41) is 3.18. The lowest BCUT2D eigenvalue weighted by Crippen LogP contribution is -2.39. The molecule has 2 heterocycles. The summed E-state index contributed by atoms with van der Waals surface area (Å²) in [5.41, 5.74) is 7.93. The van der Waals surface area contributed by atoms with Crippen LogP contribution < -0.4 is 0 Å². The summed E-state index contributed by atoms with van der Waals surface area (Å²) in [7, 11) is 0. The highest BCUT2D eigenvalue weighted by Gasteiger charge is 2.54. The lowest BCUT2D eigenvalue weighted by Gasteiger charge is -2.42. The molecule has 256 valence electrons. The van der Waals surface area contributed by atoms with Gasteiger partial charge in [-0.05, 0) is 104 Å². The number of carbonyl (C=O) groups is 2. The number of halogens is 2. The van der Waals surface area contributed by atoms with Crippen LogP contribution in [0.4, 0.5) is 0 Å². The summed E-state index contributed by atoms with van der Waals surface area (Å²) in [6.45, 7) is 4.22. The molecule has 6 aromatic rings. The minimum absolute atomic E-state index is 0.172. The zero-order chi connectivity index (χ0) is 35.3. The Bertz CT molecular complexity index is 2210. The zero-order valence-electron chi connectivity index (χ0n) is 28.5. The van der Waals surface area contributed by atoms with Gasteiger partial charge in [0.1, 0.15) is 0 Å². The predicted octanol–water partition coefficient (Wildman–Crippen LogP) is 10.4. The first kappa shape index (κ1) is 33.4. The molecule has 0 radical (unpaired) electrons. The second-order valence-electron chi connectivity index (χ2n) is 13.5. The van der Waals surface area contributed by atoms with Gasteiger partial charge in [0, 0.05) is 55.6 Å². The Labute approximate surface area is 306 Å². The van der Waals surface area contributed by atoms with Crippen LogP contribution in [0.1, 0.15) is 68.2 Å². The molecular weight excluding hydrogens is 679 g/mol. The summed E-state index contributed by atoms with van der Waals surface area (Å²) in [6.07, 6.45) is 1.69. The molecule has 8 rings (SSSR count). The van der Waals surface area contributed by atoms with Gasteiger partial charge in [-0.25, -0.2) is 9.97 Å². The van der Waals surface area contributed by atoms with Crippen molar-refractivity contribution >= 4 is 56.9 Å². The average molecular weight is 716 g/mol. The second kappa shape index (κ2) is 13.1. The van der Waals surface area contributed by atoms with E-state index in [2.05, 4.69) is 24.3 Å². The molecule has 0 bridgehead atoms. The third kappa shape index (κ3) is 5.56. The number of benzene rings is 4. The molecule has 0 saturated heterocycles. The number of hydrogen-bond acceptors (Lipinski definition) is 6. The van der Waals surface area contributed by atoms with Crippen LogP contribution in [0.5, 0.6) is 0 Å². The Hall–Kier alpha value is -4.78. The number of carbonyl (C=O) groups excluding carboxylic acids is 2. The van der Waals surface area contributed by atoms with Gasteiger partial charge < -0.3 is 9.47 Å². The summed E-state index contributed by atoms with van der Waals surface area (Å²) in [6, 6.07) is 32.6. The largest absolute Gasteiger partial charge is 0.466 e. The van der Waals surface area contributed by atoms with E-state index in [1.165, 1.54) is 0 Å². The normalized spacial score (nSPS) is 18.3. The molecule has 0 spiro atoms. The molecule has 2 aliphatic carbocycles. The van der Waals surface area contributed by atoms with Crippen molar-refractivity contribution in [3.05, 3.63) is 129 Å². The van der Waals surface area contributed by atoms with Gasteiger partial charge in [0.25, 0.3) is 0 Å². The van der Waals surface area contributed by atoms with Crippen LogP contribution in [-0.4, -0.2) is 35.1 Å². The quantitative estimate of drug-likeness (QED) is 0.131. The van der Waals surface area contributed by atoms with Crippen LogP contribution in [0.25, 0.3) is 44.3 Å². The molecule has 0 saturated carbocycles. The SMILES string of the molecule is CCOC(=O)CCC1(CC2(CCC(=O)OCC)c3cc(Cl)ccc3-c3nc4ccccc4cc32)c2cc(Cl)ccc2-c2nc3ccccc3cc21. The van der Waals surface area contributed by atoms with Crippen molar-refractivity contribution in [1.29, 1.82) is 0 Å². The third-order valence-corrected chi connectivity index (χ3v) is 11.2. The van der Waals surface area contributed by atoms with E-state index in [0.717, 1.165) is 66.6 Å². The molecule has 51 heavy (non-hydrogen) atoms. The maximum atomic E-state index is 13.3. The van der Waals surface area contributed by atoms with Crippen LogP contribution in [0.15, 0.2) is 97.1 Å². The standard InChI is InChI=1S/C43H36Cl2N2O4/c1-3-50-38(48)17-19-42(32-23-28(44)13-15-30(32)40-34(42)21-26-9-5-7-11-36(26)46-40)25-43(20-18-39(49)51-4-2)33-24-29(45)14-16-31(33)41-35(43)22-27-10-6-8-12-37(27)47-41/h5-16,21-24H,3-4,17-20,25H2,1-2H3. The van der Waals surface area contributed by atoms with E-state index < -0.39 is 10.8 Å². The van der Waals surface area contributed by atoms with E-state index in [4.69, 9.17) is 42.6 Å². The first-order valence-electron chi connectivity index (χ1n) is 17.5. The maximum absolute atomic E-state index is 13.3. The van der Waals surface area contributed by atoms with Crippen molar-refractivity contribution in [2.45, 2.75) is 56.8 Å². The molecule has 8 heteroatoms. The lowest BCUT2D eigenvalue weighted by molar-refractivity contribution is -0.144. The predicted molar refractivity (Wildman–Crippen MR) is 202 cm³/mol. The number of hydrogen-bond donors (Lipinski definition) is 0. The van der Waals surface area contributed by atoms with Gasteiger partial charge in [-0.15, -0.1) is 0 Å². The van der Waals surface area contributed by atoms with Crippen LogP contribution in [0, 0.1) is 0 Å². The molecule has 2 unspecified atom stereocenters. The van der Waals surface area contributed by atoms with E-state index in [0.29, 0.717) is 42.5 Å². The number of pyridine rings is 2. The van der Waals surface area contributed by atoms with Crippen molar-refractivity contribution in [1.82, 2.24) is 9.97 Å². The topological polar surface area (TPSA) is 78.4 Å². The van der Waals surface area contributed by atoms with E-state index in [-0.39, 0.29) is 24.8 Å². The summed E-state index contributed by atoms with van der Waals surface area (Å²) in [4.78, 5) is 37.1. The number of aromatic nitrogens is 2. The van der Waals surface area contributed by atoms with Crippen LogP contribution in [0.2, 0.25) is 10.0 Å². The number of nitrogens with zero attached hydrogens (tertiary/aromatic N) is 2. The molecular formula is C43H36Cl2N2O4. The average Bonchev–Trinajstić information content (AvgIpc) is 3.53. The molecule has 4 aromatic carbocycles. The number of esters is 2. The van der Waals surface area contributed by atoms with Gasteiger partial charge in [-0.2, -0.15) is 0 Å². The number of fused-ring (bicyclic) bond motifs is 8. The van der Waals surface area contributed by atoms with E-state index in [9.17, 15) is 9.59 Å². The molecule has 0 fully saturated rings. The Balaban J connectivity index is 1.44. The molecule has 0 N–H and O–H groups in total. The first-order valence-corrected chi connectivity index (χ1v) is 18.2. The fourth-order valence-electron chi connectivity index (χ4n) is 8.61. The minimum atomic E-state index is -0.777. The van der Waals surface area contributed by atoms with Crippen molar-refractivity contribution in [3.63, 3.8) is 0 Å². The zero-order valence-corrected chi connectivity index (χ0v) is 30.0. The molecule has 2 atom stereocenters. The van der Waals surface area contributed by atoms with Crippen molar-refractivity contribution in [2.24, 2.45) is 0 Å². The monoisotopic (exact) mass is 714 g/mol. The van der Waals surface area contributed by atoms with E-state index in [1.54, 1.807) is 0 Å². The van der Waals surface area contributed by atoms with Gasteiger partial charge in [-0.1, -0.05) is 71.7 Å². The van der Waals surface area contributed by atoms with Crippen molar-refractivity contribution in [3.8, 4) is 22.5 Å². The Kier molecular flexibility index (Phi) is 8.56. The van der Waals surface area contributed by atoms with Crippen LogP contribution >= 0.6 is 23.2 Å². The first-order chi connectivity index (χ1) is 24.8. The Morgan fingerprint density at radius 3 is 1.45 bits per heavy atom. The van der Waals surface area contributed by atoms with Gasteiger partial charge in [0.15, 0.2) is 0 Å². The number of ether oxygens (including phenoxy) is 2. The molecule has 2 aliphatic rings. The van der Waals surface area contributed by atoms with E-state index >= 15 is 0 Å². The van der Waals surface area contributed by atoms with Crippen LogP contribution in [0.3, 0.4) is 0 Å².